The van der Waals surface area contributed by atoms with Crippen LogP contribution in [0.5, 0.6) is 0 Å². The smallest absolute Gasteiger partial charge is 0.284 e. The van der Waals surface area contributed by atoms with Gasteiger partial charge in [-0.15, -0.1) is 4.83 Å². The van der Waals surface area contributed by atoms with Crippen molar-refractivity contribution in [2.45, 2.75) is 4.90 Å². The highest BCUT2D eigenvalue weighted by Gasteiger charge is 2.18. The summed E-state index contributed by atoms with van der Waals surface area (Å²) in [6, 6.07) is 14.8. The van der Waals surface area contributed by atoms with Gasteiger partial charge in [0.25, 0.3) is 15.9 Å². The van der Waals surface area contributed by atoms with Gasteiger partial charge >= 0.3 is 0 Å². The molecule has 1 heterocycles. The Balaban J connectivity index is 1.77. The first-order valence-electron chi connectivity index (χ1n) is 7.13. The van der Waals surface area contributed by atoms with Crippen molar-refractivity contribution in [2.24, 2.45) is 0 Å². The van der Waals surface area contributed by atoms with Gasteiger partial charge in [-0.2, -0.15) is 0 Å². The summed E-state index contributed by atoms with van der Waals surface area (Å²) < 4.78 is 26.0. The zero-order valence-corrected chi connectivity index (χ0v) is 14.3. The molecule has 2 aromatic carbocycles. The van der Waals surface area contributed by atoms with E-state index in [9.17, 15) is 13.2 Å². The van der Waals surface area contributed by atoms with Crippen molar-refractivity contribution < 1.29 is 13.2 Å². The lowest BCUT2D eigenvalue weighted by molar-refractivity contribution is 0.0938. The maximum Gasteiger partial charge on any atom is 0.284 e. The van der Waals surface area contributed by atoms with Gasteiger partial charge in [-0.05, 0) is 30.3 Å². The number of aromatic nitrogens is 2. The Bertz CT molecular complexity index is 1000. The molecule has 0 fully saturated rings. The highest BCUT2D eigenvalue weighted by Crippen LogP contribution is 2.15. The number of hydrogen-bond acceptors (Lipinski definition) is 4. The minimum atomic E-state index is -3.94. The van der Waals surface area contributed by atoms with E-state index in [1.165, 1.54) is 30.7 Å². The lowest BCUT2D eigenvalue weighted by Gasteiger charge is -2.10. The number of benzene rings is 2. The summed E-state index contributed by atoms with van der Waals surface area (Å²) >= 11 is 5.79. The third kappa shape index (κ3) is 3.87. The molecule has 0 atom stereocenters. The van der Waals surface area contributed by atoms with Crippen LogP contribution in [-0.4, -0.2) is 23.9 Å². The number of carbonyl (C=O) groups excluding carboxylic acids is 1. The van der Waals surface area contributed by atoms with Crippen LogP contribution in [0.15, 0.2) is 72.0 Å². The van der Waals surface area contributed by atoms with Gasteiger partial charge in [-0.1, -0.05) is 35.9 Å². The number of imidazole rings is 1. The Morgan fingerprint density at radius 3 is 2.56 bits per heavy atom. The van der Waals surface area contributed by atoms with Crippen LogP contribution in [0, 0.1) is 0 Å². The van der Waals surface area contributed by atoms with E-state index >= 15 is 0 Å². The number of hydrogen-bond donors (Lipinski definition) is 2. The van der Waals surface area contributed by atoms with E-state index < -0.39 is 15.9 Å². The molecule has 0 aliphatic heterocycles. The molecule has 128 valence electrons. The summed E-state index contributed by atoms with van der Waals surface area (Å²) in [4.78, 5) is 18.2. The number of rotatable bonds is 5. The van der Waals surface area contributed by atoms with E-state index in [1.54, 1.807) is 22.8 Å². The fourth-order valence-corrected chi connectivity index (χ4v) is 3.27. The van der Waals surface area contributed by atoms with Crippen LogP contribution >= 0.6 is 11.6 Å². The average Bonchev–Trinajstić information content (AvgIpc) is 3.10. The second-order valence-electron chi connectivity index (χ2n) is 5.00. The second-order valence-corrected chi connectivity index (χ2v) is 7.12. The van der Waals surface area contributed by atoms with Crippen LogP contribution < -0.4 is 10.3 Å². The Morgan fingerprint density at radius 2 is 1.84 bits per heavy atom. The number of carbonyl (C=O) groups is 1. The van der Waals surface area contributed by atoms with Crippen LogP contribution in [-0.2, 0) is 10.0 Å². The van der Waals surface area contributed by atoms with Crippen LogP contribution in [0.3, 0.4) is 0 Å². The number of hydrazine groups is 1. The number of amides is 1. The fourth-order valence-electron chi connectivity index (χ4n) is 2.13. The monoisotopic (exact) mass is 376 g/mol. The zero-order valence-electron chi connectivity index (χ0n) is 12.8. The van der Waals surface area contributed by atoms with E-state index in [-0.39, 0.29) is 15.6 Å². The standard InChI is InChI=1S/C16H13ClN4O3S/c17-12-5-4-8-14(9-12)25(23,24)20-19-16(22)15-10-18-11-21(15)13-6-2-1-3-7-13/h1-11,20H,(H,19,22). The lowest BCUT2D eigenvalue weighted by atomic mass is 10.3. The van der Waals surface area contributed by atoms with Crippen LogP contribution in [0.1, 0.15) is 10.5 Å². The van der Waals surface area contributed by atoms with Crippen LogP contribution in [0.25, 0.3) is 5.69 Å². The molecule has 3 rings (SSSR count). The Hall–Kier alpha value is -2.68. The quantitative estimate of drug-likeness (QED) is 0.667. The molecule has 0 aliphatic rings. The number of sulfonamides is 1. The first-order valence-corrected chi connectivity index (χ1v) is 8.99. The minimum Gasteiger partial charge on any atom is -0.295 e. The van der Waals surface area contributed by atoms with Gasteiger partial charge < -0.3 is 0 Å². The molecule has 0 bridgehead atoms. The van der Waals surface area contributed by atoms with Crippen molar-refractivity contribution in [1.82, 2.24) is 19.8 Å². The van der Waals surface area contributed by atoms with E-state index in [1.807, 2.05) is 23.0 Å². The molecule has 25 heavy (non-hydrogen) atoms. The summed E-state index contributed by atoms with van der Waals surface area (Å²) in [6.07, 6.45) is 2.81. The Labute approximate surface area is 149 Å². The molecule has 7 nitrogen and oxygen atoms in total. The molecule has 0 spiro atoms. The maximum atomic E-state index is 12.3. The third-order valence-corrected chi connectivity index (χ3v) is 4.79. The Kier molecular flexibility index (Phi) is 4.84. The first-order chi connectivity index (χ1) is 12.0. The molecule has 0 unspecified atom stereocenters. The molecule has 1 aromatic heterocycles. The third-order valence-electron chi connectivity index (χ3n) is 3.31. The van der Waals surface area contributed by atoms with E-state index in [2.05, 4.69) is 10.4 Å². The number of para-hydroxylation sites is 1. The molecule has 0 saturated carbocycles. The predicted molar refractivity (Wildman–Crippen MR) is 92.8 cm³/mol. The number of nitrogens with zero attached hydrogens (tertiary/aromatic N) is 2. The maximum absolute atomic E-state index is 12.3. The molecule has 2 N–H and O–H groups in total. The van der Waals surface area contributed by atoms with Gasteiger partial charge in [0.2, 0.25) is 0 Å². The number of halogens is 1. The summed E-state index contributed by atoms with van der Waals surface area (Å²) in [5.74, 6) is -0.646. The molecule has 0 saturated heterocycles. The van der Waals surface area contributed by atoms with Crippen molar-refractivity contribution >= 4 is 27.5 Å². The van der Waals surface area contributed by atoms with Gasteiger partial charge in [0.15, 0.2) is 0 Å². The van der Waals surface area contributed by atoms with Crippen molar-refractivity contribution in [1.29, 1.82) is 0 Å². The largest absolute Gasteiger partial charge is 0.295 e. The normalized spacial score (nSPS) is 11.2. The summed E-state index contributed by atoms with van der Waals surface area (Å²) in [7, 11) is -3.94. The lowest BCUT2D eigenvalue weighted by Crippen LogP contribution is -2.42. The van der Waals surface area contributed by atoms with Crippen molar-refractivity contribution in [2.75, 3.05) is 0 Å². The summed E-state index contributed by atoms with van der Waals surface area (Å²) in [5, 5.41) is 0.274. The van der Waals surface area contributed by atoms with Crippen molar-refractivity contribution in [3.8, 4) is 5.69 Å². The van der Waals surface area contributed by atoms with Crippen molar-refractivity contribution in [3.05, 3.63) is 77.8 Å². The van der Waals surface area contributed by atoms with Crippen molar-refractivity contribution in [3.63, 3.8) is 0 Å². The van der Waals surface area contributed by atoms with Gasteiger partial charge in [0, 0.05) is 10.7 Å². The molecule has 1 amide bonds. The van der Waals surface area contributed by atoms with E-state index in [0.717, 1.165) is 5.69 Å². The van der Waals surface area contributed by atoms with Gasteiger partial charge in [-0.25, -0.2) is 13.4 Å². The Morgan fingerprint density at radius 1 is 1.08 bits per heavy atom. The van der Waals surface area contributed by atoms with Gasteiger partial charge in [-0.3, -0.25) is 14.8 Å². The van der Waals surface area contributed by atoms with E-state index in [0.29, 0.717) is 0 Å². The second kappa shape index (κ2) is 7.06. The molecule has 3 aromatic rings. The SMILES string of the molecule is O=C(NNS(=O)(=O)c1cccc(Cl)c1)c1cncn1-c1ccccc1. The van der Waals surface area contributed by atoms with E-state index in [4.69, 9.17) is 11.6 Å². The van der Waals surface area contributed by atoms with Gasteiger partial charge in [0.1, 0.15) is 5.69 Å². The molecule has 0 radical (unpaired) electrons. The van der Waals surface area contributed by atoms with Crippen LogP contribution in [0.4, 0.5) is 0 Å². The molecule has 0 aliphatic carbocycles. The summed E-state index contributed by atoms with van der Waals surface area (Å²) in [5.41, 5.74) is 3.08. The fraction of sp³-hybridized carbons (Fsp3) is 0. The number of nitrogens with one attached hydrogen (secondary N) is 2. The topological polar surface area (TPSA) is 93.1 Å². The minimum absolute atomic E-state index is 0.0585. The molecule has 9 heteroatoms. The molecular weight excluding hydrogens is 364 g/mol. The highest BCUT2D eigenvalue weighted by molar-refractivity contribution is 7.89. The average molecular weight is 377 g/mol. The highest BCUT2D eigenvalue weighted by atomic mass is 35.5. The van der Waals surface area contributed by atoms with Crippen LogP contribution in [0.2, 0.25) is 5.02 Å². The zero-order chi connectivity index (χ0) is 17.9. The first kappa shape index (κ1) is 17.2. The summed E-state index contributed by atoms with van der Waals surface area (Å²) in [6.45, 7) is 0. The molecular formula is C16H13ClN4O3S. The van der Waals surface area contributed by atoms with Gasteiger partial charge in [0.05, 0.1) is 17.4 Å². The predicted octanol–water partition coefficient (Wildman–Crippen LogP) is 2.15.